The minimum absolute atomic E-state index is 0.388. The summed E-state index contributed by atoms with van der Waals surface area (Å²) in [5.41, 5.74) is 5.77. The first kappa shape index (κ1) is 21.4. The molecular formula is C15H27NO10. The first-order valence-electron chi connectivity index (χ1n) is 8.37. The highest BCUT2D eigenvalue weighted by molar-refractivity contribution is 5.73. The molecule has 0 radical (unpaired) electrons. The summed E-state index contributed by atoms with van der Waals surface area (Å²) in [7, 11) is 0. The molecule has 11 heteroatoms. The Bertz CT molecular complexity index is 491. The Labute approximate surface area is 150 Å². The quantitative estimate of drug-likeness (QED) is 0.288. The van der Waals surface area contributed by atoms with Gasteiger partial charge in [-0.3, -0.25) is 0 Å². The van der Waals surface area contributed by atoms with E-state index >= 15 is 0 Å². The Morgan fingerprint density at radius 1 is 1.00 bits per heavy atom. The van der Waals surface area contributed by atoms with Crippen LogP contribution in [-0.2, 0) is 23.7 Å². The molecular weight excluding hydrogens is 354 g/mol. The number of carboxylic acids is 1. The molecule has 0 bridgehead atoms. The van der Waals surface area contributed by atoms with Gasteiger partial charge in [-0.2, -0.15) is 0 Å². The van der Waals surface area contributed by atoms with E-state index in [1.54, 1.807) is 13.8 Å². The number of ether oxygens (including phenoxy) is 4. The summed E-state index contributed by atoms with van der Waals surface area (Å²) in [6.07, 6.45) is -13.0. The van der Waals surface area contributed by atoms with Gasteiger partial charge in [0, 0.05) is 0 Å². The van der Waals surface area contributed by atoms with Crippen LogP contribution in [0.4, 0.5) is 0 Å². The molecule has 0 aromatic carbocycles. The molecule has 0 aromatic rings. The van der Waals surface area contributed by atoms with E-state index in [9.17, 15) is 30.3 Å². The summed E-state index contributed by atoms with van der Waals surface area (Å²) >= 11 is 0. The minimum Gasteiger partial charge on any atom is -0.479 e. The van der Waals surface area contributed by atoms with E-state index in [1.165, 1.54) is 6.92 Å². The van der Waals surface area contributed by atoms with Crippen LogP contribution < -0.4 is 5.73 Å². The van der Waals surface area contributed by atoms with Gasteiger partial charge in [0.1, 0.15) is 30.5 Å². The van der Waals surface area contributed by atoms with Crippen LogP contribution in [-0.4, -0.2) is 99.0 Å². The molecule has 0 aliphatic carbocycles. The molecule has 0 amide bonds. The molecule has 2 saturated heterocycles. The summed E-state index contributed by atoms with van der Waals surface area (Å²) in [4.78, 5) is 11.5. The fourth-order valence-corrected chi connectivity index (χ4v) is 2.90. The van der Waals surface area contributed by atoms with E-state index in [1.807, 2.05) is 0 Å². The molecule has 2 heterocycles. The van der Waals surface area contributed by atoms with Gasteiger partial charge in [0.05, 0.1) is 18.2 Å². The fraction of sp³-hybridized carbons (Fsp3) is 0.933. The van der Waals surface area contributed by atoms with Crippen molar-refractivity contribution in [2.24, 2.45) is 5.73 Å². The Morgan fingerprint density at radius 2 is 1.62 bits per heavy atom. The molecule has 2 rings (SSSR count). The van der Waals surface area contributed by atoms with E-state index in [0.717, 1.165) is 0 Å². The van der Waals surface area contributed by atoms with Gasteiger partial charge in [0.2, 0.25) is 0 Å². The van der Waals surface area contributed by atoms with Gasteiger partial charge in [-0.1, -0.05) is 0 Å². The van der Waals surface area contributed by atoms with Gasteiger partial charge < -0.3 is 50.2 Å². The van der Waals surface area contributed by atoms with Crippen molar-refractivity contribution < 1.29 is 49.3 Å². The minimum atomic E-state index is -1.68. The van der Waals surface area contributed by atoms with Crippen molar-refractivity contribution in [2.45, 2.75) is 88.2 Å². The fourth-order valence-electron chi connectivity index (χ4n) is 2.90. The lowest BCUT2D eigenvalue weighted by molar-refractivity contribution is -0.340. The average molecular weight is 381 g/mol. The highest BCUT2D eigenvalue weighted by Crippen LogP contribution is 2.29. The summed E-state index contributed by atoms with van der Waals surface area (Å²) in [5.74, 6) is -1.45. The first-order valence-corrected chi connectivity index (χ1v) is 8.37. The predicted molar refractivity (Wildman–Crippen MR) is 83.7 cm³/mol. The zero-order valence-corrected chi connectivity index (χ0v) is 14.7. The molecule has 0 spiro atoms. The topological polar surface area (TPSA) is 181 Å². The number of nitrogens with two attached hydrogens (primary N) is 1. The average Bonchev–Trinajstić information content (AvgIpc) is 2.56. The van der Waals surface area contributed by atoms with Crippen molar-refractivity contribution in [3.05, 3.63) is 0 Å². The summed E-state index contributed by atoms with van der Waals surface area (Å²) in [6, 6.07) is -1.20. The molecule has 2 fully saturated rings. The molecule has 10 atom stereocenters. The summed E-state index contributed by atoms with van der Waals surface area (Å²) in [6.45, 7) is 4.79. The lowest BCUT2D eigenvalue weighted by atomic mass is 9.96. The molecule has 7 N–H and O–H groups in total. The standard InChI is InChI=1S/C15H27NO10/c1-4(2)23-15-10(20)9(19)11(12(26-15)13(21)22)25-14-6(16)8(18)7(17)5(3)24-14/h4-12,14-15,17-20H,16H2,1-3H3,(H,21,22)/t5?,6?,7-,8-,9-,10?,11+,12?,14-,15-/m1/s1. The number of rotatable bonds is 5. The van der Waals surface area contributed by atoms with Crippen LogP contribution in [0.1, 0.15) is 20.8 Å². The van der Waals surface area contributed by atoms with Crippen molar-refractivity contribution in [3.63, 3.8) is 0 Å². The number of carboxylic acid groups (broad SMARTS) is 1. The second kappa shape index (κ2) is 8.42. The van der Waals surface area contributed by atoms with Crippen LogP contribution in [0.3, 0.4) is 0 Å². The Balaban J connectivity index is 2.17. The maximum Gasteiger partial charge on any atom is 0.335 e. The maximum atomic E-state index is 11.5. The lowest BCUT2D eigenvalue weighted by Gasteiger charge is -2.45. The van der Waals surface area contributed by atoms with E-state index < -0.39 is 67.3 Å². The molecule has 2 aliphatic rings. The van der Waals surface area contributed by atoms with Gasteiger partial charge in [-0.05, 0) is 20.8 Å². The third kappa shape index (κ3) is 4.32. The molecule has 26 heavy (non-hydrogen) atoms. The zero-order chi connectivity index (χ0) is 19.8. The van der Waals surface area contributed by atoms with Crippen LogP contribution in [0, 0.1) is 0 Å². The summed E-state index contributed by atoms with van der Waals surface area (Å²) < 4.78 is 21.3. The number of aliphatic carboxylic acids is 1. The number of hydrogen-bond acceptors (Lipinski definition) is 10. The lowest BCUT2D eigenvalue weighted by Crippen LogP contribution is -2.66. The molecule has 152 valence electrons. The van der Waals surface area contributed by atoms with Gasteiger partial charge in [0.25, 0.3) is 0 Å². The second-order valence-corrected chi connectivity index (χ2v) is 6.80. The van der Waals surface area contributed by atoms with Crippen LogP contribution >= 0.6 is 0 Å². The monoisotopic (exact) mass is 381 g/mol. The molecule has 0 aromatic heterocycles. The predicted octanol–water partition coefficient (Wildman–Crippen LogP) is -2.88. The Morgan fingerprint density at radius 3 is 2.15 bits per heavy atom. The first-order chi connectivity index (χ1) is 12.0. The normalized spacial score (nSPS) is 47.1. The Kier molecular flexibility index (Phi) is 6.93. The second-order valence-electron chi connectivity index (χ2n) is 6.80. The van der Waals surface area contributed by atoms with Crippen molar-refractivity contribution in [1.82, 2.24) is 0 Å². The van der Waals surface area contributed by atoms with Crippen LogP contribution in [0.2, 0.25) is 0 Å². The van der Waals surface area contributed by atoms with E-state index in [0.29, 0.717) is 0 Å². The highest BCUT2D eigenvalue weighted by atomic mass is 16.7. The van der Waals surface area contributed by atoms with Crippen molar-refractivity contribution in [2.75, 3.05) is 0 Å². The van der Waals surface area contributed by atoms with Gasteiger partial charge >= 0.3 is 5.97 Å². The van der Waals surface area contributed by atoms with Crippen LogP contribution in [0.15, 0.2) is 0 Å². The van der Waals surface area contributed by atoms with Crippen molar-refractivity contribution >= 4 is 5.97 Å². The number of aliphatic hydroxyl groups excluding tert-OH is 4. The van der Waals surface area contributed by atoms with Crippen LogP contribution in [0.5, 0.6) is 0 Å². The number of hydrogen-bond donors (Lipinski definition) is 6. The Hall–Kier alpha value is -0.890. The number of carbonyl (C=O) groups is 1. The SMILES string of the molecule is CC(C)O[C@@H]1OC(C(=O)O)[C@@H](O[C@H]2OC(C)[C@@H](O)[C@H](O)C2N)[C@H](O)C1O. The third-order valence-corrected chi connectivity index (χ3v) is 4.37. The van der Waals surface area contributed by atoms with Gasteiger partial charge in [-0.15, -0.1) is 0 Å². The smallest absolute Gasteiger partial charge is 0.335 e. The van der Waals surface area contributed by atoms with Crippen molar-refractivity contribution in [1.29, 1.82) is 0 Å². The van der Waals surface area contributed by atoms with Crippen molar-refractivity contribution in [3.8, 4) is 0 Å². The van der Waals surface area contributed by atoms with E-state index in [-0.39, 0.29) is 6.10 Å². The molecule has 2 aliphatic heterocycles. The third-order valence-electron chi connectivity index (χ3n) is 4.37. The summed E-state index contributed by atoms with van der Waals surface area (Å²) in [5, 5.41) is 49.6. The largest absolute Gasteiger partial charge is 0.479 e. The van der Waals surface area contributed by atoms with E-state index in [4.69, 9.17) is 24.7 Å². The van der Waals surface area contributed by atoms with Crippen LogP contribution in [0.25, 0.3) is 0 Å². The maximum absolute atomic E-state index is 11.5. The van der Waals surface area contributed by atoms with Gasteiger partial charge in [-0.25, -0.2) is 4.79 Å². The highest BCUT2D eigenvalue weighted by Gasteiger charge is 2.52. The van der Waals surface area contributed by atoms with E-state index in [2.05, 4.69) is 0 Å². The molecule has 4 unspecified atom stereocenters. The molecule has 11 nitrogen and oxygen atoms in total. The van der Waals surface area contributed by atoms with Gasteiger partial charge in [0.15, 0.2) is 18.7 Å². The zero-order valence-electron chi connectivity index (χ0n) is 14.7. The molecule has 0 saturated carbocycles. The number of aliphatic hydroxyl groups is 4.